The van der Waals surface area contributed by atoms with Crippen molar-refractivity contribution in [2.75, 3.05) is 18.8 Å². The Kier molecular flexibility index (Phi) is 7.28. The largest absolute Gasteiger partial charge is 0.444 e. The van der Waals surface area contributed by atoms with Gasteiger partial charge in [-0.15, -0.1) is 0 Å². The zero-order valence-electron chi connectivity index (χ0n) is 22.2. The molecule has 0 unspecified atom stereocenters. The Morgan fingerprint density at radius 2 is 1.58 bits per heavy atom. The van der Waals surface area contributed by atoms with Gasteiger partial charge < -0.3 is 19.6 Å². The average Bonchev–Trinajstić information content (AvgIpc) is 3.05. The van der Waals surface area contributed by atoms with Crippen molar-refractivity contribution in [2.45, 2.75) is 103 Å². The predicted molar refractivity (Wildman–Crippen MR) is 143 cm³/mol. The van der Waals surface area contributed by atoms with Crippen LogP contribution in [-0.4, -0.2) is 42.2 Å². The van der Waals surface area contributed by atoms with Crippen molar-refractivity contribution in [3.63, 3.8) is 0 Å². The molecule has 0 spiro atoms. The van der Waals surface area contributed by atoms with E-state index in [0.29, 0.717) is 22.5 Å². The van der Waals surface area contributed by atoms with E-state index in [4.69, 9.17) is 10.5 Å². The number of anilines is 1. The number of amides is 1. The third-order valence-electron chi connectivity index (χ3n) is 7.64. The van der Waals surface area contributed by atoms with Crippen LogP contribution in [0.25, 0.3) is 10.9 Å². The fourth-order valence-electron chi connectivity index (χ4n) is 6.45. The zero-order chi connectivity index (χ0) is 24.7. The van der Waals surface area contributed by atoms with Gasteiger partial charge in [0.25, 0.3) is 0 Å². The summed E-state index contributed by atoms with van der Waals surface area (Å²) < 4.78 is 8.29. The van der Waals surface area contributed by atoms with Crippen LogP contribution in [0.1, 0.15) is 86.6 Å². The first-order valence-corrected chi connectivity index (χ1v) is 14.9. The molecule has 33 heavy (non-hydrogen) atoms. The summed E-state index contributed by atoms with van der Waals surface area (Å²) in [6.45, 7) is 21.7. The summed E-state index contributed by atoms with van der Waals surface area (Å²) in [7, 11) is -1.92. The number of ether oxygens (including phenoxy) is 1. The van der Waals surface area contributed by atoms with Gasteiger partial charge in [-0.3, -0.25) is 0 Å². The van der Waals surface area contributed by atoms with Gasteiger partial charge in [0.05, 0.1) is 0 Å². The maximum Gasteiger partial charge on any atom is 0.410 e. The first-order chi connectivity index (χ1) is 15.3. The second-order valence-electron chi connectivity index (χ2n) is 11.8. The summed E-state index contributed by atoms with van der Waals surface area (Å²) in [6.07, 6.45) is 4.21. The lowest BCUT2D eigenvalue weighted by molar-refractivity contribution is 0.0205. The van der Waals surface area contributed by atoms with E-state index in [1.165, 1.54) is 16.5 Å². The van der Waals surface area contributed by atoms with Crippen molar-refractivity contribution in [1.29, 1.82) is 0 Å². The fourth-order valence-corrected chi connectivity index (χ4v) is 13.1. The monoisotopic (exact) mass is 471 g/mol. The quantitative estimate of drug-likeness (QED) is 0.366. The Hall–Kier alpha value is -1.95. The zero-order valence-corrected chi connectivity index (χ0v) is 23.2. The van der Waals surface area contributed by atoms with Gasteiger partial charge >= 0.3 is 6.09 Å². The van der Waals surface area contributed by atoms with Gasteiger partial charge in [-0.25, -0.2) is 4.79 Å². The standard InChI is InChI=1S/C27H45N3O2Si/c1-18(2)33(19(3)4,20(5)6)30-17-24(23-11-10-22(28)16-25(23)30)21-12-14-29(15-13-21)26(31)32-27(7,8)9/h10-11,16-21H,12-15,28H2,1-9H3. The molecule has 1 fully saturated rings. The highest BCUT2D eigenvalue weighted by atomic mass is 28.3. The molecule has 1 aromatic heterocycles. The van der Waals surface area contributed by atoms with Crippen molar-refractivity contribution in [3.8, 4) is 0 Å². The first kappa shape index (κ1) is 25.7. The summed E-state index contributed by atoms with van der Waals surface area (Å²) in [5, 5.41) is 1.33. The highest BCUT2D eigenvalue weighted by Gasteiger charge is 2.46. The summed E-state index contributed by atoms with van der Waals surface area (Å²) in [5.41, 5.74) is 11.2. The number of aromatic nitrogens is 1. The molecule has 0 bridgehead atoms. The number of piperidine rings is 1. The second-order valence-corrected chi connectivity index (χ2v) is 17.5. The van der Waals surface area contributed by atoms with E-state index >= 15 is 0 Å². The van der Waals surface area contributed by atoms with E-state index in [2.05, 4.69) is 64.1 Å². The summed E-state index contributed by atoms with van der Waals surface area (Å²) in [6, 6.07) is 6.44. The van der Waals surface area contributed by atoms with Crippen LogP contribution < -0.4 is 5.73 Å². The highest BCUT2D eigenvalue weighted by Crippen LogP contribution is 2.46. The van der Waals surface area contributed by atoms with E-state index in [0.717, 1.165) is 31.6 Å². The molecule has 2 heterocycles. The molecule has 0 atom stereocenters. The molecule has 6 heteroatoms. The van der Waals surface area contributed by atoms with Crippen molar-refractivity contribution >= 4 is 30.9 Å². The number of fused-ring (bicyclic) bond motifs is 1. The van der Waals surface area contributed by atoms with Crippen LogP contribution in [0.2, 0.25) is 16.6 Å². The molecule has 0 saturated carbocycles. The Balaban J connectivity index is 2.01. The number of nitrogens with zero attached hydrogens (tertiary/aromatic N) is 2. The molecular formula is C27H45N3O2Si. The minimum absolute atomic E-state index is 0.193. The van der Waals surface area contributed by atoms with Gasteiger partial charge in [0.15, 0.2) is 8.24 Å². The smallest absolute Gasteiger partial charge is 0.410 e. The molecule has 1 saturated heterocycles. The number of hydrogen-bond donors (Lipinski definition) is 1. The number of hydrogen-bond acceptors (Lipinski definition) is 3. The lowest BCUT2D eigenvalue weighted by Gasteiger charge is -2.44. The van der Waals surface area contributed by atoms with Crippen LogP contribution in [-0.2, 0) is 4.74 Å². The van der Waals surface area contributed by atoms with Crippen LogP contribution in [0.3, 0.4) is 0 Å². The Morgan fingerprint density at radius 3 is 2.06 bits per heavy atom. The second kappa shape index (κ2) is 9.36. The van der Waals surface area contributed by atoms with Crippen LogP contribution in [0, 0.1) is 0 Å². The molecule has 0 radical (unpaired) electrons. The molecule has 5 nitrogen and oxygen atoms in total. The third kappa shape index (κ3) is 4.82. The van der Waals surface area contributed by atoms with Crippen LogP contribution in [0.15, 0.2) is 24.4 Å². The number of carbonyl (C=O) groups excluding carboxylic acids is 1. The van der Waals surface area contributed by atoms with Gasteiger partial charge in [-0.2, -0.15) is 0 Å². The van der Waals surface area contributed by atoms with Crippen molar-refractivity contribution in [1.82, 2.24) is 9.13 Å². The summed E-state index contributed by atoms with van der Waals surface area (Å²) in [5.74, 6) is 0.439. The lowest BCUT2D eigenvalue weighted by atomic mass is 9.89. The number of nitrogens with two attached hydrogens (primary N) is 1. The topological polar surface area (TPSA) is 60.5 Å². The number of likely N-dealkylation sites (tertiary alicyclic amines) is 1. The molecule has 184 valence electrons. The number of benzene rings is 1. The maximum absolute atomic E-state index is 12.6. The molecule has 1 aliphatic heterocycles. The molecule has 1 aliphatic rings. The minimum atomic E-state index is -1.92. The SMILES string of the molecule is CC(C)[Si](C(C)C)(C(C)C)n1cc(C2CCN(C(=O)OC(C)(C)C)CC2)c2ccc(N)cc21. The Bertz CT molecular complexity index is 957. The van der Waals surface area contributed by atoms with Gasteiger partial charge in [0, 0.05) is 29.7 Å². The number of rotatable bonds is 5. The molecule has 2 N–H and O–H groups in total. The molecular weight excluding hydrogens is 426 g/mol. The highest BCUT2D eigenvalue weighted by molar-refractivity contribution is 6.82. The summed E-state index contributed by atoms with van der Waals surface area (Å²) in [4.78, 5) is 14.4. The van der Waals surface area contributed by atoms with Crippen LogP contribution >= 0.6 is 0 Å². The molecule has 1 aromatic carbocycles. The van der Waals surface area contributed by atoms with E-state index in [-0.39, 0.29) is 6.09 Å². The predicted octanol–water partition coefficient (Wildman–Crippen LogP) is 7.36. The van der Waals surface area contributed by atoms with Crippen LogP contribution in [0.4, 0.5) is 10.5 Å². The normalized spacial score (nSPS) is 16.4. The molecule has 1 amide bonds. The van der Waals surface area contributed by atoms with E-state index < -0.39 is 13.8 Å². The Labute approximate surface area is 201 Å². The number of carbonyl (C=O) groups is 1. The van der Waals surface area contributed by atoms with Gasteiger partial charge in [-0.05, 0) is 80.0 Å². The van der Waals surface area contributed by atoms with E-state index in [1.807, 2.05) is 31.7 Å². The summed E-state index contributed by atoms with van der Waals surface area (Å²) >= 11 is 0. The van der Waals surface area contributed by atoms with Gasteiger partial charge in [0.2, 0.25) is 0 Å². The van der Waals surface area contributed by atoms with E-state index in [9.17, 15) is 4.79 Å². The van der Waals surface area contributed by atoms with Crippen molar-refractivity contribution in [3.05, 3.63) is 30.0 Å². The maximum atomic E-state index is 12.6. The van der Waals surface area contributed by atoms with Crippen LogP contribution in [0.5, 0.6) is 0 Å². The third-order valence-corrected chi connectivity index (χ3v) is 14.4. The van der Waals surface area contributed by atoms with Crippen molar-refractivity contribution < 1.29 is 9.53 Å². The minimum Gasteiger partial charge on any atom is -0.444 e. The molecule has 2 aromatic rings. The lowest BCUT2D eigenvalue weighted by Crippen LogP contribution is -2.51. The first-order valence-electron chi connectivity index (χ1n) is 12.7. The average molecular weight is 472 g/mol. The number of nitrogen functional groups attached to an aromatic ring is 1. The van der Waals surface area contributed by atoms with Crippen molar-refractivity contribution in [2.24, 2.45) is 0 Å². The molecule has 0 aliphatic carbocycles. The van der Waals surface area contributed by atoms with E-state index in [1.54, 1.807) is 0 Å². The molecule has 3 rings (SSSR count). The van der Waals surface area contributed by atoms with Gasteiger partial charge in [0.1, 0.15) is 5.60 Å². The van der Waals surface area contributed by atoms with Gasteiger partial charge in [-0.1, -0.05) is 47.6 Å². The Morgan fingerprint density at radius 1 is 1.03 bits per heavy atom. The fraction of sp³-hybridized carbons (Fsp3) is 0.667.